The molecule has 1 amide bonds. The zero-order chi connectivity index (χ0) is 17.9. The third kappa shape index (κ3) is 4.47. The van der Waals surface area contributed by atoms with Crippen LogP contribution in [0.2, 0.25) is 10.0 Å². The monoisotopic (exact) mass is 390 g/mol. The van der Waals surface area contributed by atoms with E-state index < -0.39 is 21.8 Å². The first kappa shape index (κ1) is 18.7. The number of halogens is 2. The molecule has 24 heavy (non-hydrogen) atoms. The van der Waals surface area contributed by atoms with Gasteiger partial charge in [-0.05, 0) is 24.1 Å². The molecule has 0 bridgehead atoms. The number of primary amides is 1. The lowest BCUT2D eigenvalue weighted by atomic mass is 10.0. The summed E-state index contributed by atoms with van der Waals surface area (Å²) < 4.78 is 28.7. The van der Waals surface area contributed by atoms with E-state index >= 15 is 0 Å². The van der Waals surface area contributed by atoms with Crippen LogP contribution in [-0.4, -0.2) is 30.7 Å². The van der Waals surface area contributed by atoms with Crippen molar-refractivity contribution >= 4 is 39.1 Å². The van der Waals surface area contributed by atoms with Crippen LogP contribution < -0.4 is 10.5 Å². The van der Waals surface area contributed by atoms with Crippen LogP contribution in [0, 0.1) is 5.92 Å². The average molecular weight is 391 g/mol. The highest BCUT2D eigenvalue weighted by Gasteiger charge is 2.23. The van der Waals surface area contributed by atoms with Crippen LogP contribution in [0.3, 0.4) is 0 Å². The molecule has 10 heteroatoms. The maximum absolute atomic E-state index is 12.4. The molecule has 7 nitrogen and oxygen atoms in total. The third-order valence-electron chi connectivity index (χ3n) is 3.37. The molecular formula is C14H16Cl2N4O3S. The molecule has 0 spiro atoms. The summed E-state index contributed by atoms with van der Waals surface area (Å²) in [6, 6.07) is 4.29. The smallest absolute Gasteiger partial charge is 0.242 e. The standard InChI is InChI=1S/C14H16Cl2N4O3S/c1-20-8-9(6-18-20)5-10(14(17)21)7-19-24(22,23)12-4-2-3-11(15)13(12)16/h2-4,6,8,10,19H,5,7H2,1H3,(H2,17,21). The Balaban J connectivity index is 2.13. The second-order valence-electron chi connectivity index (χ2n) is 5.23. The van der Waals surface area contributed by atoms with Crippen molar-refractivity contribution in [3.63, 3.8) is 0 Å². The average Bonchev–Trinajstić information content (AvgIpc) is 2.91. The van der Waals surface area contributed by atoms with Gasteiger partial charge in [-0.1, -0.05) is 29.3 Å². The molecule has 1 aromatic heterocycles. The van der Waals surface area contributed by atoms with Crippen LogP contribution in [0.5, 0.6) is 0 Å². The highest BCUT2D eigenvalue weighted by Crippen LogP contribution is 2.28. The van der Waals surface area contributed by atoms with Gasteiger partial charge >= 0.3 is 0 Å². The number of benzene rings is 1. The van der Waals surface area contributed by atoms with Crippen molar-refractivity contribution in [1.29, 1.82) is 0 Å². The molecule has 1 unspecified atom stereocenters. The van der Waals surface area contributed by atoms with Crippen molar-refractivity contribution < 1.29 is 13.2 Å². The number of hydrogen-bond donors (Lipinski definition) is 2. The fraction of sp³-hybridized carbons (Fsp3) is 0.286. The Morgan fingerprint density at radius 2 is 2.12 bits per heavy atom. The highest BCUT2D eigenvalue weighted by molar-refractivity contribution is 7.89. The van der Waals surface area contributed by atoms with Crippen molar-refractivity contribution in [3.05, 3.63) is 46.2 Å². The number of aryl methyl sites for hydroxylation is 1. The van der Waals surface area contributed by atoms with Crippen molar-refractivity contribution in [2.24, 2.45) is 18.7 Å². The number of nitrogens with zero attached hydrogens (tertiary/aromatic N) is 2. The number of sulfonamides is 1. The molecule has 3 N–H and O–H groups in total. The van der Waals surface area contributed by atoms with E-state index in [0.29, 0.717) is 0 Å². The largest absolute Gasteiger partial charge is 0.369 e. The Hall–Kier alpha value is -1.61. The third-order valence-corrected chi connectivity index (χ3v) is 5.77. The van der Waals surface area contributed by atoms with Gasteiger partial charge in [-0.15, -0.1) is 0 Å². The van der Waals surface area contributed by atoms with Crippen LogP contribution in [0.15, 0.2) is 35.5 Å². The van der Waals surface area contributed by atoms with Crippen molar-refractivity contribution in [2.75, 3.05) is 6.54 Å². The van der Waals surface area contributed by atoms with Gasteiger partial charge in [-0.3, -0.25) is 9.48 Å². The van der Waals surface area contributed by atoms with Gasteiger partial charge in [0.1, 0.15) is 4.90 Å². The minimum Gasteiger partial charge on any atom is -0.369 e. The Labute approximate surface area is 149 Å². The number of rotatable bonds is 7. The number of carbonyl (C=O) groups excluding carboxylic acids is 1. The molecule has 130 valence electrons. The fourth-order valence-corrected chi connectivity index (χ4v) is 3.96. The van der Waals surface area contributed by atoms with E-state index in [9.17, 15) is 13.2 Å². The maximum Gasteiger partial charge on any atom is 0.242 e. The van der Waals surface area contributed by atoms with E-state index in [0.717, 1.165) is 5.56 Å². The molecule has 0 radical (unpaired) electrons. The summed E-state index contributed by atoms with van der Waals surface area (Å²) in [4.78, 5) is 11.4. The first-order valence-electron chi connectivity index (χ1n) is 6.91. The highest BCUT2D eigenvalue weighted by atomic mass is 35.5. The Kier molecular flexibility index (Phi) is 5.87. The van der Waals surface area contributed by atoms with E-state index in [4.69, 9.17) is 28.9 Å². The van der Waals surface area contributed by atoms with Gasteiger partial charge in [0.15, 0.2) is 0 Å². The van der Waals surface area contributed by atoms with E-state index in [1.54, 1.807) is 24.1 Å². The summed E-state index contributed by atoms with van der Waals surface area (Å²) in [6.45, 7) is -0.157. The molecule has 1 aromatic carbocycles. The zero-order valence-electron chi connectivity index (χ0n) is 12.7. The first-order chi connectivity index (χ1) is 11.2. The van der Waals surface area contributed by atoms with Crippen LogP contribution in [0.1, 0.15) is 5.56 Å². The van der Waals surface area contributed by atoms with Crippen molar-refractivity contribution in [1.82, 2.24) is 14.5 Å². The fourth-order valence-electron chi connectivity index (χ4n) is 2.11. The maximum atomic E-state index is 12.4. The Morgan fingerprint density at radius 3 is 2.71 bits per heavy atom. The molecule has 0 saturated carbocycles. The SMILES string of the molecule is Cn1cc(CC(CNS(=O)(=O)c2cccc(Cl)c2Cl)C(N)=O)cn1. The number of amides is 1. The van der Waals surface area contributed by atoms with Gasteiger partial charge in [-0.25, -0.2) is 13.1 Å². The molecule has 2 rings (SSSR count). The van der Waals surface area contributed by atoms with E-state index in [1.165, 1.54) is 18.2 Å². The normalized spacial score (nSPS) is 13.0. The Bertz CT molecular complexity index is 851. The molecular weight excluding hydrogens is 375 g/mol. The van der Waals surface area contributed by atoms with Gasteiger partial charge in [0, 0.05) is 19.8 Å². The Morgan fingerprint density at radius 1 is 1.42 bits per heavy atom. The molecule has 0 aliphatic heterocycles. The van der Waals surface area contributed by atoms with E-state index in [-0.39, 0.29) is 27.9 Å². The predicted octanol–water partition coefficient (Wildman–Crippen LogP) is 1.35. The van der Waals surface area contributed by atoms with Crippen LogP contribution in [-0.2, 0) is 28.3 Å². The van der Waals surface area contributed by atoms with Gasteiger partial charge in [0.25, 0.3) is 0 Å². The predicted molar refractivity (Wildman–Crippen MR) is 91.2 cm³/mol. The van der Waals surface area contributed by atoms with Gasteiger partial charge in [0.2, 0.25) is 15.9 Å². The summed E-state index contributed by atoms with van der Waals surface area (Å²) >= 11 is 11.8. The molecule has 2 aromatic rings. The van der Waals surface area contributed by atoms with Gasteiger partial charge in [-0.2, -0.15) is 5.10 Å². The summed E-state index contributed by atoms with van der Waals surface area (Å²) in [5, 5.41) is 4.05. The lowest BCUT2D eigenvalue weighted by Crippen LogP contribution is -2.37. The topological polar surface area (TPSA) is 107 Å². The number of aromatic nitrogens is 2. The molecule has 0 aliphatic rings. The van der Waals surface area contributed by atoms with Crippen LogP contribution in [0.4, 0.5) is 0 Å². The van der Waals surface area contributed by atoms with Gasteiger partial charge in [0.05, 0.1) is 22.2 Å². The van der Waals surface area contributed by atoms with Crippen LogP contribution >= 0.6 is 23.2 Å². The van der Waals surface area contributed by atoms with Gasteiger partial charge < -0.3 is 5.73 Å². The number of nitrogens with two attached hydrogens (primary N) is 1. The first-order valence-corrected chi connectivity index (χ1v) is 9.15. The molecule has 1 heterocycles. The lowest BCUT2D eigenvalue weighted by Gasteiger charge is -2.14. The zero-order valence-corrected chi connectivity index (χ0v) is 15.1. The van der Waals surface area contributed by atoms with E-state index in [2.05, 4.69) is 9.82 Å². The summed E-state index contributed by atoms with van der Waals surface area (Å²) in [5.41, 5.74) is 6.14. The van der Waals surface area contributed by atoms with Crippen LogP contribution in [0.25, 0.3) is 0 Å². The minimum absolute atomic E-state index is 0.0745. The number of carbonyl (C=O) groups is 1. The molecule has 0 saturated heterocycles. The summed E-state index contributed by atoms with van der Waals surface area (Å²) in [5.74, 6) is -1.33. The molecule has 0 aliphatic carbocycles. The number of nitrogens with one attached hydrogen (secondary N) is 1. The second-order valence-corrected chi connectivity index (χ2v) is 7.75. The summed E-state index contributed by atoms with van der Waals surface area (Å²) in [7, 11) is -2.18. The second kappa shape index (κ2) is 7.52. The molecule has 1 atom stereocenters. The van der Waals surface area contributed by atoms with Crippen molar-refractivity contribution in [2.45, 2.75) is 11.3 Å². The molecule has 0 fully saturated rings. The lowest BCUT2D eigenvalue weighted by molar-refractivity contribution is -0.121. The van der Waals surface area contributed by atoms with E-state index in [1.807, 2.05) is 0 Å². The quantitative estimate of drug-likeness (QED) is 0.743. The number of hydrogen-bond acceptors (Lipinski definition) is 4. The van der Waals surface area contributed by atoms with Crippen molar-refractivity contribution in [3.8, 4) is 0 Å². The minimum atomic E-state index is -3.92. The summed E-state index contributed by atoms with van der Waals surface area (Å²) in [6.07, 6.45) is 3.60.